The molecule has 0 bridgehead atoms. The van der Waals surface area contributed by atoms with Crippen LogP contribution in [0.3, 0.4) is 0 Å². The van der Waals surface area contributed by atoms with Gasteiger partial charge in [0.05, 0.1) is 5.56 Å². The van der Waals surface area contributed by atoms with E-state index in [4.69, 9.17) is 20.6 Å². The van der Waals surface area contributed by atoms with E-state index in [-0.39, 0.29) is 11.3 Å². The molecule has 0 aliphatic carbocycles. The summed E-state index contributed by atoms with van der Waals surface area (Å²) in [5.41, 5.74) is 1.78. The first-order valence-electron chi connectivity index (χ1n) is 8.41. The summed E-state index contributed by atoms with van der Waals surface area (Å²) in [4.78, 5) is 12.9. The quantitative estimate of drug-likeness (QED) is 0.364. The highest BCUT2D eigenvalue weighted by molar-refractivity contribution is 7.81. The lowest BCUT2D eigenvalue weighted by atomic mass is 9.93. The largest absolute Gasteiger partial charge is 0.446 e. The normalized spacial score (nSPS) is 11.5. The van der Waals surface area contributed by atoms with E-state index >= 15 is 0 Å². The first-order valence-corrected chi connectivity index (χ1v) is 10.2. The molecular formula is C21H13ClO6S. The summed E-state index contributed by atoms with van der Waals surface area (Å²) >= 11 is 6.12. The van der Waals surface area contributed by atoms with Gasteiger partial charge in [-0.05, 0) is 35.4 Å². The number of rotatable bonds is 4. The molecule has 29 heavy (non-hydrogen) atoms. The number of benzene rings is 3. The number of hydrogen-bond donors (Lipinski definition) is 1. The molecule has 3 aromatic carbocycles. The second-order valence-electron chi connectivity index (χ2n) is 6.18. The lowest BCUT2D eigenvalue weighted by Gasteiger charge is -2.13. The first kappa shape index (κ1) is 19.2. The lowest BCUT2D eigenvalue weighted by molar-refractivity contribution is 0.386. The van der Waals surface area contributed by atoms with Crippen LogP contribution in [0, 0.1) is 0 Å². The molecule has 0 spiro atoms. The second kappa shape index (κ2) is 7.36. The summed E-state index contributed by atoms with van der Waals surface area (Å²) in [6, 6.07) is 20.3. The minimum atomic E-state index is -4.71. The molecule has 8 heteroatoms. The van der Waals surface area contributed by atoms with E-state index in [1.807, 2.05) is 30.3 Å². The van der Waals surface area contributed by atoms with Gasteiger partial charge < -0.3 is 8.60 Å². The summed E-state index contributed by atoms with van der Waals surface area (Å²) < 4.78 is 40.8. The molecule has 1 aromatic heterocycles. The van der Waals surface area contributed by atoms with E-state index in [2.05, 4.69) is 4.18 Å². The van der Waals surface area contributed by atoms with Crippen LogP contribution in [0.15, 0.2) is 82.0 Å². The predicted molar refractivity (Wildman–Crippen MR) is 111 cm³/mol. The van der Waals surface area contributed by atoms with E-state index < -0.39 is 16.0 Å². The van der Waals surface area contributed by atoms with E-state index in [1.54, 1.807) is 30.3 Å². The molecule has 0 amide bonds. The first-order chi connectivity index (χ1) is 13.8. The third-order valence-corrected chi connectivity index (χ3v) is 4.89. The molecule has 1 N–H and O–H groups in total. The molecule has 0 aliphatic rings. The van der Waals surface area contributed by atoms with Gasteiger partial charge in [-0.15, -0.1) is 0 Å². The molecule has 0 atom stereocenters. The molecule has 0 unspecified atom stereocenters. The van der Waals surface area contributed by atoms with Gasteiger partial charge in [-0.25, -0.2) is 4.79 Å². The summed E-state index contributed by atoms with van der Waals surface area (Å²) in [5, 5.41) is 1.03. The van der Waals surface area contributed by atoms with Crippen molar-refractivity contribution >= 4 is 33.0 Å². The lowest BCUT2D eigenvalue weighted by Crippen LogP contribution is -2.08. The zero-order chi connectivity index (χ0) is 20.6. The van der Waals surface area contributed by atoms with Crippen molar-refractivity contribution in [2.45, 2.75) is 0 Å². The number of fused-ring (bicyclic) bond motifs is 1. The van der Waals surface area contributed by atoms with Crippen LogP contribution < -0.4 is 9.81 Å². The molecule has 4 aromatic rings. The SMILES string of the molecule is O=c1oc2cc(OS(=O)(=O)O)ccc2c(-c2ccccc2)c1-c1cccc(Cl)c1. The molecule has 0 fully saturated rings. The molecule has 0 aliphatic heterocycles. The van der Waals surface area contributed by atoms with Crippen LogP contribution in [0.5, 0.6) is 5.75 Å². The van der Waals surface area contributed by atoms with Crippen molar-refractivity contribution in [2.24, 2.45) is 0 Å². The minimum Gasteiger partial charge on any atom is -0.422 e. The van der Waals surface area contributed by atoms with Crippen molar-refractivity contribution in [3.63, 3.8) is 0 Å². The van der Waals surface area contributed by atoms with E-state index in [0.29, 0.717) is 27.1 Å². The summed E-state index contributed by atoms with van der Waals surface area (Å²) in [6.45, 7) is 0. The summed E-state index contributed by atoms with van der Waals surface area (Å²) in [7, 11) is -4.71. The number of hydrogen-bond acceptors (Lipinski definition) is 5. The highest BCUT2D eigenvalue weighted by Crippen LogP contribution is 2.37. The highest BCUT2D eigenvalue weighted by Gasteiger charge is 2.19. The molecule has 0 saturated carbocycles. The van der Waals surface area contributed by atoms with Crippen LogP contribution in [0.1, 0.15) is 0 Å². The standard InChI is InChI=1S/C21H13ClO6S/c22-15-8-4-7-14(11-15)20-19(13-5-2-1-3-6-13)17-10-9-16(28-29(24,25)26)12-18(17)27-21(20)23/h1-12H,(H,24,25,26). The fourth-order valence-electron chi connectivity index (χ4n) is 3.17. The Morgan fingerprint density at radius 1 is 0.862 bits per heavy atom. The molecule has 0 saturated heterocycles. The summed E-state index contributed by atoms with van der Waals surface area (Å²) in [5.74, 6) is -0.183. The monoisotopic (exact) mass is 428 g/mol. The zero-order valence-corrected chi connectivity index (χ0v) is 16.3. The van der Waals surface area contributed by atoms with Crippen molar-refractivity contribution < 1.29 is 21.6 Å². The Labute approximate surface area is 170 Å². The Morgan fingerprint density at radius 2 is 1.59 bits per heavy atom. The van der Waals surface area contributed by atoms with Gasteiger partial charge in [-0.1, -0.05) is 54.1 Å². The van der Waals surface area contributed by atoms with Gasteiger partial charge in [-0.3, -0.25) is 4.55 Å². The van der Waals surface area contributed by atoms with Crippen molar-refractivity contribution in [1.29, 1.82) is 0 Å². The predicted octanol–water partition coefficient (Wildman–Crippen LogP) is 4.96. The van der Waals surface area contributed by atoms with E-state index in [1.165, 1.54) is 12.1 Å². The topological polar surface area (TPSA) is 93.8 Å². The molecule has 0 radical (unpaired) electrons. The van der Waals surface area contributed by atoms with Gasteiger partial charge in [0.25, 0.3) is 0 Å². The molecular weight excluding hydrogens is 416 g/mol. The third kappa shape index (κ3) is 4.02. The molecule has 4 rings (SSSR count). The third-order valence-electron chi connectivity index (χ3n) is 4.26. The van der Waals surface area contributed by atoms with Gasteiger partial charge in [0.1, 0.15) is 11.3 Å². The van der Waals surface area contributed by atoms with Gasteiger partial charge in [-0.2, -0.15) is 8.42 Å². The Morgan fingerprint density at radius 3 is 2.28 bits per heavy atom. The average Bonchev–Trinajstić information content (AvgIpc) is 2.66. The molecule has 1 heterocycles. The van der Waals surface area contributed by atoms with Crippen molar-refractivity contribution in [3.05, 3.63) is 88.2 Å². The maximum absolute atomic E-state index is 12.9. The van der Waals surface area contributed by atoms with Crippen LogP contribution >= 0.6 is 11.6 Å². The zero-order valence-electron chi connectivity index (χ0n) is 14.7. The average molecular weight is 429 g/mol. The van der Waals surface area contributed by atoms with Crippen LogP contribution in [0.2, 0.25) is 5.02 Å². The molecule has 6 nitrogen and oxygen atoms in total. The van der Waals surface area contributed by atoms with Crippen LogP contribution in [0.4, 0.5) is 0 Å². The maximum atomic E-state index is 12.9. The van der Waals surface area contributed by atoms with Crippen molar-refractivity contribution in [1.82, 2.24) is 0 Å². The van der Waals surface area contributed by atoms with Crippen LogP contribution in [-0.2, 0) is 10.4 Å². The van der Waals surface area contributed by atoms with Crippen LogP contribution in [-0.4, -0.2) is 13.0 Å². The highest BCUT2D eigenvalue weighted by atomic mass is 35.5. The Hall–Kier alpha value is -3.13. The Bertz CT molecular complexity index is 1380. The van der Waals surface area contributed by atoms with E-state index in [9.17, 15) is 13.2 Å². The van der Waals surface area contributed by atoms with Crippen molar-refractivity contribution in [2.75, 3.05) is 0 Å². The van der Waals surface area contributed by atoms with Gasteiger partial charge in [0.2, 0.25) is 0 Å². The smallest absolute Gasteiger partial charge is 0.422 e. The van der Waals surface area contributed by atoms with Gasteiger partial charge in [0, 0.05) is 22.0 Å². The minimum absolute atomic E-state index is 0.112. The van der Waals surface area contributed by atoms with Gasteiger partial charge in [0.15, 0.2) is 0 Å². The van der Waals surface area contributed by atoms with E-state index in [0.717, 1.165) is 5.56 Å². The number of halogens is 1. The fourth-order valence-corrected chi connectivity index (χ4v) is 3.70. The fraction of sp³-hybridized carbons (Fsp3) is 0. The van der Waals surface area contributed by atoms with Crippen LogP contribution in [0.25, 0.3) is 33.2 Å². The summed E-state index contributed by atoms with van der Waals surface area (Å²) in [6.07, 6.45) is 0. The second-order valence-corrected chi connectivity index (χ2v) is 7.64. The maximum Gasteiger partial charge on any atom is 0.446 e. The van der Waals surface area contributed by atoms with Crippen molar-refractivity contribution in [3.8, 4) is 28.0 Å². The Balaban J connectivity index is 2.06. The molecule has 146 valence electrons. The Kier molecular flexibility index (Phi) is 4.87. The van der Waals surface area contributed by atoms with Gasteiger partial charge >= 0.3 is 16.0 Å².